The second kappa shape index (κ2) is 8.52. The van der Waals surface area contributed by atoms with E-state index in [9.17, 15) is 35.5 Å². The molecular weight excluding hydrogens is 439 g/mol. The SMILES string of the molecule is COC(=O)c1ccc(S(=O)(=O)O)c(-c2cc[c]([Na])cc2S(=O)(=O)O)c1C(=O)OC. The van der Waals surface area contributed by atoms with E-state index in [4.69, 9.17) is 0 Å². The normalized spacial score (nSPS) is 11.8. The van der Waals surface area contributed by atoms with Crippen LogP contribution in [0.5, 0.6) is 0 Å². The summed E-state index contributed by atoms with van der Waals surface area (Å²) in [5, 5.41) is 0. The monoisotopic (exact) mass is 452 g/mol. The molecule has 0 aliphatic carbocycles. The molecule has 0 heterocycles. The van der Waals surface area contributed by atoms with E-state index in [2.05, 4.69) is 9.47 Å². The van der Waals surface area contributed by atoms with Crippen LogP contribution in [0.4, 0.5) is 0 Å². The molecule has 0 unspecified atom stereocenters. The fourth-order valence-corrected chi connectivity index (χ4v) is 4.87. The molecule has 0 spiro atoms. The van der Waals surface area contributed by atoms with Gasteiger partial charge >= 0.3 is 185 Å². The topological polar surface area (TPSA) is 161 Å². The van der Waals surface area contributed by atoms with E-state index in [1.807, 2.05) is 0 Å². The van der Waals surface area contributed by atoms with Crippen LogP contribution in [-0.2, 0) is 29.7 Å². The van der Waals surface area contributed by atoms with Crippen molar-refractivity contribution in [3.8, 4) is 11.1 Å². The molecule has 0 fully saturated rings. The predicted octanol–water partition coefficient (Wildman–Crippen LogP) is 0.214. The van der Waals surface area contributed by atoms with Crippen molar-refractivity contribution in [3.05, 3.63) is 41.5 Å². The first-order chi connectivity index (χ1) is 13.3. The van der Waals surface area contributed by atoms with Crippen molar-refractivity contribution in [2.24, 2.45) is 0 Å². The van der Waals surface area contributed by atoms with Gasteiger partial charge in [0.05, 0.1) is 0 Å². The maximum atomic E-state index is 12.4. The summed E-state index contributed by atoms with van der Waals surface area (Å²) in [5.41, 5.74) is -2.14. The van der Waals surface area contributed by atoms with Gasteiger partial charge in [-0.25, -0.2) is 0 Å². The van der Waals surface area contributed by atoms with Gasteiger partial charge in [-0.1, -0.05) is 0 Å². The van der Waals surface area contributed by atoms with Gasteiger partial charge in [-0.15, -0.1) is 0 Å². The van der Waals surface area contributed by atoms with Gasteiger partial charge in [-0.2, -0.15) is 0 Å². The van der Waals surface area contributed by atoms with Crippen molar-refractivity contribution in [2.75, 3.05) is 14.2 Å². The number of carbonyl (C=O) groups excluding carboxylic acids is 2. The molecule has 0 bridgehead atoms. The summed E-state index contributed by atoms with van der Waals surface area (Å²) in [5.74, 6) is -2.23. The molecule has 2 aromatic rings. The minimum atomic E-state index is -5.00. The average Bonchev–Trinajstić information content (AvgIpc) is 2.64. The van der Waals surface area contributed by atoms with Gasteiger partial charge in [0, 0.05) is 0 Å². The van der Waals surface area contributed by atoms with E-state index in [-0.39, 0.29) is 0 Å². The first kappa shape index (κ1) is 23.5. The molecule has 150 valence electrons. The Hall–Kier alpha value is -1.80. The van der Waals surface area contributed by atoms with Gasteiger partial charge in [0.25, 0.3) is 0 Å². The number of hydrogen-bond donors (Lipinski definition) is 2. The molecule has 13 heteroatoms. The third-order valence-corrected chi connectivity index (χ3v) is 6.34. The van der Waals surface area contributed by atoms with Crippen molar-refractivity contribution in [3.63, 3.8) is 0 Å². The quantitative estimate of drug-likeness (QED) is 0.364. The van der Waals surface area contributed by atoms with Crippen LogP contribution < -0.4 is 2.81 Å². The molecule has 0 amide bonds. The first-order valence-corrected chi connectivity index (χ1v) is 11.6. The first-order valence-electron chi connectivity index (χ1n) is 7.72. The Morgan fingerprint density at radius 1 is 0.862 bits per heavy atom. The summed E-state index contributed by atoms with van der Waals surface area (Å²) in [6.45, 7) is 0. The van der Waals surface area contributed by atoms with Crippen LogP contribution in [0.3, 0.4) is 0 Å². The van der Waals surface area contributed by atoms with Crippen molar-refractivity contribution >= 4 is 62.9 Å². The third-order valence-electron chi connectivity index (χ3n) is 3.92. The molecule has 10 nitrogen and oxygen atoms in total. The zero-order valence-electron chi connectivity index (χ0n) is 15.4. The molecule has 0 radical (unpaired) electrons. The summed E-state index contributed by atoms with van der Waals surface area (Å²) in [6.07, 6.45) is 0. The Balaban J connectivity index is 3.20. The standard InChI is InChI=1S/C16H13O10S2.Na/c1-25-15(17)10-7-8-12(28(22,23)24)13(14(10)16(18)26-2)9-5-3-4-6-11(9)27(19,20)21;/h3,5-8H,1-2H3,(H,19,20,21)(H,22,23,24);. The number of rotatable bonds is 5. The fourth-order valence-electron chi connectivity index (χ4n) is 2.71. The van der Waals surface area contributed by atoms with E-state index < -0.39 is 64.2 Å². The summed E-state index contributed by atoms with van der Waals surface area (Å²) in [4.78, 5) is 23.0. The summed E-state index contributed by atoms with van der Waals surface area (Å²) < 4.78 is 76.7. The van der Waals surface area contributed by atoms with E-state index in [0.29, 0.717) is 30.7 Å². The van der Waals surface area contributed by atoms with Crippen molar-refractivity contribution < 1.29 is 45.0 Å². The molecule has 2 rings (SSSR count). The van der Waals surface area contributed by atoms with Gasteiger partial charge in [0.1, 0.15) is 0 Å². The van der Waals surface area contributed by atoms with Crippen LogP contribution in [0, 0.1) is 0 Å². The third kappa shape index (κ3) is 4.86. The number of ether oxygens (including phenoxy) is 2. The Morgan fingerprint density at radius 3 is 1.90 bits per heavy atom. The van der Waals surface area contributed by atoms with Crippen LogP contribution in [-0.4, -0.2) is 80.0 Å². The zero-order chi connectivity index (χ0) is 22.1. The summed E-state index contributed by atoms with van der Waals surface area (Å²) in [7, 11) is -7.90. The van der Waals surface area contributed by atoms with Crippen molar-refractivity contribution in [1.82, 2.24) is 0 Å². The molecule has 0 saturated heterocycles. The fraction of sp³-hybridized carbons (Fsp3) is 0.125. The van der Waals surface area contributed by atoms with Gasteiger partial charge in [-0.05, 0) is 0 Å². The van der Waals surface area contributed by atoms with E-state index in [1.54, 1.807) is 0 Å². The van der Waals surface area contributed by atoms with Gasteiger partial charge in [-0.3, -0.25) is 0 Å². The molecule has 29 heavy (non-hydrogen) atoms. The molecule has 2 N–H and O–H groups in total. The molecule has 0 atom stereocenters. The van der Waals surface area contributed by atoms with Crippen LogP contribution in [0.1, 0.15) is 20.7 Å². The molecule has 0 aliphatic heterocycles. The maximum absolute atomic E-state index is 12.4. The van der Waals surface area contributed by atoms with Gasteiger partial charge in [0.15, 0.2) is 0 Å². The van der Waals surface area contributed by atoms with Crippen LogP contribution in [0.15, 0.2) is 40.1 Å². The number of methoxy groups -OCH3 is 2. The molecule has 0 saturated carbocycles. The Bertz CT molecular complexity index is 1220. The molecule has 2 aromatic carbocycles. The number of benzene rings is 2. The average molecular weight is 452 g/mol. The Labute approximate surface area is 183 Å². The Morgan fingerprint density at radius 2 is 1.41 bits per heavy atom. The summed E-state index contributed by atoms with van der Waals surface area (Å²) >= 11 is 0.388. The van der Waals surface area contributed by atoms with Crippen LogP contribution in [0.2, 0.25) is 0 Å². The number of carbonyl (C=O) groups is 2. The Kier molecular flexibility index (Phi) is 6.89. The number of hydrogen-bond acceptors (Lipinski definition) is 8. The molecular formula is C16H13NaO10S2. The summed E-state index contributed by atoms with van der Waals surface area (Å²) in [6, 6.07) is 5.42. The minimum absolute atomic E-state index is 0.388. The molecule has 0 aliphatic rings. The zero-order valence-corrected chi connectivity index (χ0v) is 19.0. The predicted molar refractivity (Wildman–Crippen MR) is 99.6 cm³/mol. The second-order valence-electron chi connectivity index (χ2n) is 5.79. The van der Waals surface area contributed by atoms with Gasteiger partial charge in [0.2, 0.25) is 0 Å². The number of esters is 2. The van der Waals surface area contributed by atoms with Crippen molar-refractivity contribution in [1.29, 1.82) is 0 Å². The van der Waals surface area contributed by atoms with E-state index in [0.717, 1.165) is 38.5 Å². The van der Waals surface area contributed by atoms with Crippen molar-refractivity contribution in [2.45, 2.75) is 9.79 Å². The van der Waals surface area contributed by atoms with E-state index >= 15 is 0 Å². The second-order valence-corrected chi connectivity index (χ2v) is 9.73. The van der Waals surface area contributed by atoms with E-state index in [1.165, 1.54) is 6.07 Å². The molecule has 0 aromatic heterocycles. The van der Waals surface area contributed by atoms with Crippen LogP contribution >= 0.6 is 0 Å². The van der Waals surface area contributed by atoms with Gasteiger partial charge < -0.3 is 0 Å². The van der Waals surface area contributed by atoms with Crippen LogP contribution in [0.25, 0.3) is 11.1 Å².